The Morgan fingerprint density at radius 2 is 0.814 bits per heavy atom. The first kappa shape index (κ1) is 55.9. The number of nitrogens with zero attached hydrogens (tertiary/aromatic N) is 8. The Hall–Kier alpha value is -5.06. The van der Waals surface area contributed by atoms with Crippen molar-refractivity contribution in [3.05, 3.63) is 107 Å². The zero-order valence-electron chi connectivity index (χ0n) is 42.6. The Morgan fingerprint density at radius 1 is 0.514 bits per heavy atom. The van der Waals surface area contributed by atoms with Crippen molar-refractivity contribution in [1.29, 1.82) is 0 Å². The van der Waals surface area contributed by atoms with Gasteiger partial charge in [-0.25, -0.2) is 16.8 Å². The number of benzene rings is 2. The first-order chi connectivity index (χ1) is 32.6. The number of pyridine rings is 2. The summed E-state index contributed by atoms with van der Waals surface area (Å²) in [4.78, 5) is 42.9. The van der Waals surface area contributed by atoms with Gasteiger partial charge in [-0.3, -0.25) is 29.4 Å². The number of fused-ring (bicyclic) bond motifs is 4. The second kappa shape index (κ2) is 23.9. The maximum atomic E-state index is 13.5. The van der Waals surface area contributed by atoms with Crippen molar-refractivity contribution in [2.24, 2.45) is 0 Å². The average molecular weight is 1010 g/mol. The van der Waals surface area contributed by atoms with Crippen LogP contribution in [0.5, 0.6) is 0 Å². The summed E-state index contributed by atoms with van der Waals surface area (Å²) >= 11 is 0. The van der Waals surface area contributed by atoms with Gasteiger partial charge in [-0.2, -0.15) is 8.61 Å². The number of anilines is 2. The fraction of sp³-hybridized carbons (Fsp3) is 0.520. The Bertz CT molecular complexity index is 2450. The summed E-state index contributed by atoms with van der Waals surface area (Å²) < 4.78 is 67.9. The summed E-state index contributed by atoms with van der Waals surface area (Å²) in [6, 6.07) is 20.5. The lowest BCUT2D eigenvalue weighted by atomic mass is 10.2. The van der Waals surface area contributed by atoms with Gasteiger partial charge in [0.1, 0.15) is 11.2 Å². The van der Waals surface area contributed by atoms with Crippen molar-refractivity contribution >= 4 is 43.4 Å². The van der Waals surface area contributed by atoms with Crippen molar-refractivity contribution in [1.82, 2.24) is 38.2 Å². The molecule has 2 aromatic carbocycles. The van der Waals surface area contributed by atoms with Gasteiger partial charge in [-0.15, -0.1) is 0 Å². The molecule has 0 amide bonds. The van der Waals surface area contributed by atoms with Crippen molar-refractivity contribution in [3.63, 3.8) is 0 Å². The van der Waals surface area contributed by atoms with Crippen LogP contribution in [0, 0.1) is 13.8 Å². The number of nitrogen functional groups attached to an aromatic ring is 2. The van der Waals surface area contributed by atoms with Gasteiger partial charge in [0.15, 0.2) is 0 Å². The largest absolute Gasteiger partial charge is 0.459 e. The van der Waals surface area contributed by atoms with Crippen LogP contribution in [0.1, 0.15) is 75.4 Å². The number of likely N-dealkylation sites (N-methyl/N-ethyl adjacent to an activating group) is 2. The molecule has 0 unspecified atom stereocenters. The number of carbonyl (C=O) groups excluding carboxylic acids is 2. The number of nitrogens with two attached hydrogens (primary N) is 2. The van der Waals surface area contributed by atoms with Gasteiger partial charge in [-0.1, -0.05) is 35.4 Å². The number of rotatable bonds is 8. The Balaban J connectivity index is 0.000000263. The van der Waals surface area contributed by atoms with Crippen LogP contribution in [-0.4, -0.2) is 158 Å². The van der Waals surface area contributed by atoms with Gasteiger partial charge < -0.3 is 30.7 Å². The highest BCUT2D eigenvalue weighted by Gasteiger charge is 2.30. The molecule has 6 rings (SSSR count). The fourth-order valence-electron chi connectivity index (χ4n) is 7.73. The highest BCUT2D eigenvalue weighted by Crippen LogP contribution is 2.24. The van der Waals surface area contributed by atoms with Gasteiger partial charge in [0.25, 0.3) is 0 Å². The summed E-state index contributed by atoms with van der Waals surface area (Å²) in [5, 5.41) is 0. The Kier molecular flexibility index (Phi) is 19.1. The molecule has 0 fully saturated rings. The van der Waals surface area contributed by atoms with E-state index in [1.807, 2.05) is 96.3 Å². The molecule has 2 aliphatic rings. The van der Waals surface area contributed by atoms with E-state index in [1.165, 1.54) is 8.61 Å². The number of hydrogen-bond donors (Lipinski definition) is 2. The minimum atomic E-state index is -3.79. The normalized spacial score (nSPS) is 17.4. The second-order valence-electron chi connectivity index (χ2n) is 20.3. The third-order valence-electron chi connectivity index (χ3n) is 11.3. The molecule has 0 saturated heterocycles. The van der Waals surface area contributed by atoms with E-state index in [0.717, 1.165) is 35.6 Å². The predicted octanol–water partition coefficient (Wildman–Crippen LogP) is 4.50. The molecule has 384 valence electrons. The summed E-state index contributed by atoms with van der Waals surface area (Å²) in [6.07, 6.45) is 0. The molecular formula is C50H74N10O8S2. The van der Waals surface area contributed by atoms with E-state index in [-0.39, 0.29) is 61.0 Å². The first-order valence-corrected chi connectivity index (χ1v) is 26.4. The Morgan fingerprint density at radius 3 is 1.13 bits per heavy atom. The van der Waals surface area contributed by atoms with Crippen molar-refractivity contribution in [2.75, 3.05) is 91.0 Å². The molecule has 0 aliphatic carbocycles. The van der Waals surface area contributed by atoms with E-state index in [2.05, 4.69) is 9.88 Å². The molecule has 4 bridgehead atoms. The number of aromatic nitrogens is 2. The van der Waals surface area contributed by atoms with Crippen LogP contribution < -0.4 is 11.5 Å². The maximum absolute atomic E-state index is 13.5. The number of ether oxygens (including phenoxy) is 2. The summed E-state index contributed by atoms with van der Waals surface area (Å²) in [5.41, 5.74) is 16.7. The van der Waals surface area contributed by atoms with Crippen LogP contribution >= 0.6 is 0 Å². The minimum absolute atomic E-state index is 0.0206. The van der Waals surface area contributed by atoms with Crippen LogP contribution in [0.2, 0.25) is 0 Å². The smallest absolute Gasteiger partial charge is 0.320 e. The molecular weight excluding hydrogens is 933 g/mol. The molecule has 0 saturated carbocycles. The number of hydrogen-bond acceptors (Lipinski definition) is 16. The van der Waals surface area contributed by atoms with Crippen LogP contribution in [0.25, 0.3) is 0 Å². The quantitative estimate of drug-likeness (QED) is 0.232. The topological polar surface area (TPSA) is 218 Å². The molecule has 4 heterocycles. The third kappa shape index (κ3) is 17.7. The number of carbonyl (C=O) groups is 2. The second-order valence-corrected chi connectivity index (χ2v) is 24.1. The molecule has 18 nitrogen and oxygen atoms in total. The molecule has 4 N–H and O–H groups in total. The van der Waals surface area contributed by atoms with E-state index in [1.54, 1.807) is 60.7 Å². The lowest BCUT2D eigenvalue weighted by Crippen LogP contribution is -2.42. The van der Waals surface area contributed by atoms with Crippen LogP contribution in [0.4, 0.5) is 11.4 Å². The zero-order chi connectivity index (χ0) is 51.6. The van der Waals surface area contributed by atoms with Crippen LogP contribution in [0.15, 0.2) is 82.6 Å². The summed E-state index contributed by atoms with van der Waals surface area (Å²) in [5.74, 6) is -0.519. The number of esters is 2. The predicted molar refractivity (Wildman–Crippen MR) is 272 cm³/mol. The monoisotopic (exact) mass is 1010 g/mol. The summed E-state index contributed by atoms with van der Waals surface area (Å²) in [7, 11) is -3.68. The van der Waals surface area contributed by atoms with E-state index in [0.29, 0.717) is 62.0 Å². The molecule has 0 atom stereocenters. The zero-order valence-corrected chi connectivity index (χ0v) is 44.3. The van der Waals surface area contributed by atoms with Crippen molar-refractivity contribution < 1.29 is 35.9 Å². The van der Waals surface area contributed by atoms with Gasteiger partial charge in [0.2, 0.25) is 20.0 Å². The van der Waals surface area contributed by atoms with Crippen molar-refractivity contribution in [2.45, 2.75) is 103 Å². The molecule has 20 heteroatoms. The van der Waals surface area contributed by atoms with Gasteiger partial charge in [-0.05, 0) is 118 Å². The third-order valence-corrected chi connectivity index (χ3v) is 15.0. The van der Waals surface area contributed by atoms with Crippen molar-refractivity contribution in [3.8, 4) is 0 Å². The van der Waals surface area contributed by atoms with E-state index in [4.69, 9.17) is 25.9 Å². The van der Waals surface area contributed by atoms with E-state index < -0.39 is 31.2 Å². The SMILES string of the molecule is CN1CCN(CC(=O)OC(C)(C)C)Cc2cc(N)cc(n2)CN(CC(=O)OC(C)(C)C)CC1.Cc1ccc(S(=O)(=O)N2CCN(C)CCN(S(=O)(=O)c3ccc(C)cc3)Cc3cc(N)cc(n3)C2)cc1. The fourth-order valence-corrected chi connectivity index (χ4v) is 10.5. The van der Waals surface area contributed by atoms with Crippen LogP contribution in [-0.2, 0) is 65.3 Å². The Labute approximate surface area is 416 Å². The highest BCUT2D eigenvalue weighted by atomic mass is 32.2. The van der Waals surface area contributed by atoms with Gasteiger partial charge in [0, 0.05) is 76.8 Å². The standard InChI is InChI=1S/C26H33N5O4S2.C24H41N5O4/c1-20-4-8-25(9-5-20)36(32,33)30-14-12-29(3)13-15-31(19-24-17-22(27)16-23(18-30)28-24)37(34,35)26-10-6-21(2)7-11-26;1-23(2,3)32-21(30)16-28-10-8-27(7)9-11-29(17-22(31)33-24(4,5)6)15-20-13-18(25)12-19(14-28)26-20/h4-11,16-17H,12-15,18-19H2,1-3H3,(H2,27,28);12-13H,8-11,14-17H2,1-7H3,(H2,25,26). The molecule has 2 aromatic heterocycles. The lowest BCUT2D eigenvalue weighted by Gasteiger charge is -2.30. The molecule has 2 aliphatic heterocycles. The lowest BCUT2D eigenvalue weighted by molar-refractivity contribution is -0.157. The maximum Gasteiger partial charge on any atom is 0.320 e. The van der Waals surface area contributed by atoms with E-state index in [9.17, 15) is 26.4 Å². The molecule has 0 spiro atoms. The molecule has 70 heavy (non-hydrogen) atoms. The van der Waals surface area contributed by atoms with E-state index >= 15 is 0 Å². The number of aryl methyl sites for hydroxylation is 2. The molecule has 4 aromatic rings. The highest BCUT2D eigenvalue weighted by molar-refractivity contribution is 7.89. The van der Waals surface area contributed by atoms with Crippen LogP contribution in [0.3, 0.4) is 0 Å². The average Bonchev–Trinajstić information content (AvgIpc) is 3.23. The first-order valence-electron chi connectivity index (χ1n) is 23.5. The number of sulfonamides is 2. The minimum Gasteiger partial charge on any atom is -0.459 e. The van der Waals surface area contributed by atoms with Gasteiger partial charge >= 0.3 is 11.9 Å². The summed E-state index contributed by atoms with van der Waals surface area (Å²) in [6.45, 7) is 20.5. The van der Waals surface area contributed by atoms with Gasteiger partial charge in [0.05, 0.1) is 58.7 Å². The molecule has 0 radical (unpaired) electrons.